The average molecular weight is 277 g/mol. The molecule has 2 rings (SSSR count). The molecule has 0 aliphatic carbocycles. The quantitative estimate of drug-likeness (QED) is 0.790. The van der Waals surface area contributed by atoms with E-state index in [1.54, 1.807) is 12.4 Å². The van der Waals surface area contributed by atoms with Crippen molar-refractivity contribution in [3.8, 4) is 10.4 Å². The van der Waals surface area contributed by atoms with Gasteiger partial charge in [-0.25, -0.2) is 9.78 Å². The van der Waals surface area contributed by atoms with Crippen LogP contribution in [0.2, 0.25) is 0 Å². The second kappa shape index (κ2) is 5.05. The monoisotopic (exact) mass is 277 g/mol. The summed E-state index contributed by atoms with van der Waals surface area (Å²) < 4.78 is 5.28. The Morgan fingerprint density at radius 1 is 1.32 bits per heavy atom. The van der Waals surface area contributed by atoms with Crippen molar-refractivity contribution in [2.75, 3.05) is 0 Å². The molecule has 0 amide bonds. The maximum atomic E-state index is 11.9. The zero-order valence-corrected chi connectivity index (χ0v) is 12.1. The highest BCUT2D eigenvalue weighted by atomic mass is 32.1. The smallest absolute Gasteiger partial charge is 0.367 e. The average Bonchev–Trinajstić information content (AvgIpc) is 2.75. The summed E-state index contributed by atoms with van der Waals surface area (Å²) in [5.41, 5.74) is 1.21. The number of aromatic nitrogens is 3. The van der Waals surface area contributed by atoms with Gasteiger partial charge in [-0.3, -0.25) is 0 Å². The molecular formula is C13H15N3O2S. The van der Waals surface area contributed by atoms with E-state index in [1.807, 2.05) is 33.8 Å². The summed E-state index contributed by atoms with van der Waals surface area (Å²) in [4.78, 5) is 16.8. The molecule has 0 radical (unpaired) electrons. The second-order valence-corrected chi connectivity index (χ2v) is 6.15. The number of carbonyl (C=O) groups is 1. The van der Waals surface area contributed by atoms with Crippen molar-refractivity contribution < 1.29 is 9.53 Å². The van der Waals surface area contributed by atoms with Crippen molar-refractivity contribution in [2.45, 2.75) is 33.3 Å². The Hall–Kier alpha value is -1.82. The highest BCUT2D eigenvalue weighted by molar-refractivity contribution is 7.16. The van der Waals surface area contributed by atoms with Crippen LogP contribution in [0.15, 0.2) is 18.5 Å². The minimum Gasteiger partial charge on any atom is -0.455 e. The van der Waals surface area contributed by atoms with Crippen LogP contribution in [-0.4, -0.2) is 26.8 Å². The molecular weight excluding hydrogens is 262 g/mol. The van der Waals surface area contributed by atoms with Gasteiger partial charge in [-0.05, 0) is 33.8 Å². The lowest BCUT2D eigenvalue weighted by Crippen LogP contribution is -2.23. The Balaban J connectivity index is 2.22. The van der Waals surface area contributed by atoms with E-state index in [1.165, 1.54) is 11.3 Å². The Morgan fingerprint density at radius 2 is 2.05 bits per heavy atom. The van der Waals surface area contributed by atoms with E-state index in [9.17, 15) is 4.79 Å². The first kappa shape index (κ1) is 13.6. The Labute approximate surface area is 115 Å². The lowest BCUT2D eigenvalue weighted by Gasteiger charge is -2.18. The highest BCUT2D eigenvalue weighted by Gasteiger charge is 2.20. The van der Waals surface area contributed by atoms with Crippen molar-refractivity contribution in [1.82, 2.24) is 15.2 Å². The predicted octanol–water partition coefficient (Wildman–Crippen LogP) is 2.86. The minimum atomic E-state index is -0.516. The van der Waals surface area contributed by atoms with Gasteiger partial charge in [0.1, 0.15) is 5.60 Å². The number of aryl methyl sites for hydroxylation is 1. The number of hydrogen-bond acceptors (Lipinski definition) is 6. The molecule has 0 unspecified atom stereocenters. The van der Waals surface area contributed by atoms with Gasteiger partial charge in [0, 0.05) is 11.8 Å². The van der Waals surface area contributed by atoms with Crippen LogP contribution in [0.4, 0.5) is 0 Å². The molecule has 0 spiro atoms. The van der Waals surface area contributed by atoms with Crippen LogP contribution < -0.4 is 0 Å². The van der Waals surface area contributed by atoms with Crippen LogP contribution in [0.5, 0.6) is 0 Å². The van der Waals surface area contributed by atoms with Gasteiger partial charge < -0.3 is 4.74 Å². The van der Waals surface area contributed by atoms with Crippen LogP contribution in [0.1, 0.15) is 36.3 Å². The number of rotatable bonds is 2. The van der Waals surface area contributed by atoms with E-state index in [-0.39, 0.29) is 0 Å². The summed E-state index contributed by atoms with van der Waals surface area (Å²) in [5.74, 6) is -0.400. The molecule has 100 valence electrons. The first-order valence-electron chi connectivity index (χ1n) is 5.84. The van der Waals surface area contributed by atoms with Crippen LogP contribution in [0.3, 0.4) is 0 Å². The SMILES string of the molecule is Cc1cc(-c2cnc(C(=O)OC(C)(C)C)s2)cnn1. The lowest BCUT2D eigenvalue weighted by atomic mass is 10.2. The molecule has 0 N–H and O–H groups in total. The first-order chi connectivity index (χ1) is 8.85. The Morgan fingerprint density at radius 3 is 2.68 bits per heavy atom. The largest absolute Gasteiger partial charge is 0.455 e. The van der Waals surface area contributed by atoms with Gasteiger partial charge in [-0.2, -0.15) is 10.2 Å². The van der Waals surface area contributed by atoms with Crippen LogP contribution in [-0.2, 0) is 4.74 Å². The third-order valence-corrected chi connectivity index (χ3v) is 3.17. The number of nitrogens with zero attached hydrogens (tertiary/aromatic N) is 3. The van der Waals surface area contributed by atoms with Crippen LogP contribution in [0, 0.1) is 6.92 Å². The normalized spacial score (nSPS) is 11.4. The third-order valence-electron chi connectivity index (χ3n) is 2.14. The molecule has 2 aromatic heterocycles. The first-order valence-corrected chi connectivity index (χ1v) is 6.66. The molecule has 19 heavy (non-hydrogen) atoms. The van der Waals surface area contributed by atoms with Gasteiger partial charge in [-0.15, -0.1) is 11.3 Å². The van der Waals surface area contributed by atoms with Gasteiger partial charge in [-0.1, -0.05) is 0 Å². The van der Waals surface area contributed by atoms with E-state index in [4.69, 9.17) is 4.74 Å². The predicted molar refractivity (Wildman–Crippen MR) is 73.0 cm³/mol. The van der Waals surface area contributed by atoms with Crippen molar-refractivity contribution in [3.05, 3.63) is 29.2 Å². The highest BCUT2D eigenvalue weighted by Crippen LogP contribution is 2.26. The number of thiazole rings is 1. The molecule has 2 heterocycles. The van der Waals surface area contributed by atoms with E-state index in [0.717, 1.165) is 16.1 Å². The molecule has 0 atom stereocenters. The summed E-state index contributed by atoms with van der Waals surface area (Å²) >= 11 is 1.29. The molecule has 0 saturated carbocycles. The minimum absolute atomic E-state index is 0.347. The molecule has 0 aliphatic rings. The van der Waals surface area contributed by atoms with E-state index < -0.39 is 11.6 Å². The molecule has 5 nitrogen and oxygen atoms in total. The Bertz CT molecular complexity index is 602. The standard InChI is InChI=1S/C13H15N3O2S/c1-8-5-9(6-15-16-8)10-7-14-11(19-10)12(17)18-13(2,3)4/h5-7H,1-4H3. The summed E-state index contributed by atoms with van der Waals surface area (Å²) in [7, 11) is 0. The van der Waals surface area contributed by atoms with Gasteiger partial charge in [0.15, 0.2) is 0 Å². The number of hydrogen-bond donors (Lipinski definition) is 0. The van der Waals surface area contributed by atoms with Crippen molar-refractivity contribution >= 4 is 17.3 Å². The molecule has 0 fully saturated rings. The van der Waals surface area contributed by atoms with Crippen molar-refractivity contribution in [2.24, 2.45) is 0 Å². The maximum absolute atomic E-state index is 11.9. The fourth-order valence-corrected chi connectivity index (χ4v) is 2.21. The Kier molecular flexibility index (Phi) is 3.61. The van der Waals surface area contributed by atoms with E-state index in [0.29, 0.717) is 5.01 Å². The van der Waals surface area contributed by atoms with E-state index >= 15 is 0 Å². The molecule has 0 saturated heterocycles. The maximum Gasteiger partial charge on any atom is 0.367 e. The van der Waals surface area contributed by atoms with E-state index in [2.05, 4.69) is 15.2 Å². The fraction of sp³-hybridized carbons (Fsp3) is 0.385. The van der Waals surface area contributed by atoms with Crippen molar-refractivity contribution in [3.63, 3.8) is 0 Å². The summed E-state index contributed by atoms with van der Waals surface area (Å²) in [6.07, 6.45) is 3.31. The lowest BCUT2D eigenvalue weighted by molar-refractivity contribution is 0.00692. The molecule has 0 aromatic carbocycles. The molecule has 6 heteroatoms. The van der Waals surface area contributed by atoms with Crippen molar-refractivity contribution in [1.29, 1.82) is 0 Å². The summed E-state index contributed by atoms with van der Waals surface area (Å²) in [5, 5.41) is 8.13. The molecule has 0 aliphatic heterocycles. The number of carbonyl (C=O) groups excluding carboxylic acids is 1. The zero-order chi connectivity index (χ0) is 14.0. The number of esters is 1. The van der Waals surface area contributed by atoms with Gasteiger partial charge >= 0.3 is 5.97 Å². The fourth-order valence-electron chi connectivity index (χ4n) is 1.43. The van der Waals surface area contributed by atoms with Crippen LogP contribution in [0.25, 0.3) is 10.4 Å². The topological polar surface area (TPSA) is 65.0 Å². The zero-order valence-electron chi connectivity index (χ0n) is 11.3. The number of ether oxygens (including phenoxy) is 1. The second-order valence-electron chi connectivity index (χ2n) is 5.12. The van der Waals surface area contributed by atoms with Crippen LogP contribution >= 0.6 is 11.3 Å². The van der Waals surface area contributed by atoms with Gasteiger partial charge in [0.2, 0.25) is 5.01 Å². The van der Waals surface area contributed by atoms with Gasteiger partial charge in [0.05, 0.1) is 16.8 Å². The third kappa shape index (κ3) is 3.57. The molecule has 2 aromatic rings. The van der Waals surface area contributed by atoms with Gasteiger partial charge in [0.25, 0.3) is 0 Å². The molecule has 0 bridgehead atoms. The summed E-state index contributed by atoms with van der Waals surface area (Å²) in [6.45, 7) is 7.35. The summed E-state index contributed by atoms with van der Waals surface area (Å²) in [6, 6.07) is 1.90.